The van der Waals surface area contributed by atoms with Crippen LogP contribution in [0.5, 0.6) is 0 Å². The lowest BCUT2D eigenvalue weighted by Crippen LogP contribution is -2.50. The molecular formula is C20H27N3O3S. The standard InChI is InChI=1S/C20H27N3O3S/c1-3-15-14-7-11-27-16(14)6-10-22(15)17(24)12-23-18(25)20(21-19(23)26)8-4-13(2)5-9-20/h7,11,13,15H,3-6,8-10,12H2,1-2H3,(H,21,26). The highest BCUT2D eigenvalue weighted by molar-refractivity contribution is 7.10. The van der Waals surface area contributed by atoms with Crippen LogP contribution in [0.1, 0.15) is 62.4 Å². The lowest BCUT2D eigenvalue weighted by molar-refractivity contribution is -0.141. The Balaban J connectivity index is 1.48. The molecule has 1 saturated carbocycles. The van der Waals surface area contributed by atoms with Gasteiger partial charge in [-0.25, -0.2) is 4.79 Å². The highest BCUT2D eigenvalue weighted by Gasteiger charge is 2.52. The highest BCUT2D eigenvalue weighted by atomic mass is 32.1. The van der Waals surface area contributed by atoms with Crippen LogP contribution >= 0.6 is 11.3 Å². The number of carbonyl (C=O) groups is 3. The number of urea groups is 1. The molecule has 3 aliphatic rings. The maximum Gasteiger partial charge on any atom is 0.325 e. The minimum absolute atomic E-state index is 0.0396. The van der Waals surface area contributed by atoms with Crippen molar-refractivity contribution in [1.82, 2.24) is 15.1 Å². The summed E-state index contributed by atoms with van der Waals surface area (Å²) in [5.74, 6) is 0.229. The van der Waals surface area contributed by atoms with E-state index in [9.17, 15) is 14.4 Å². The van der Waals surface area contributed by atoms with E-state index in [2.05, 4.69) is 30.6 Å². The van der Waals surface area contributed by atoms with E-state index in [1.165, 1.54) is 10.4 Å². The first-order valence-corrected chi connectivity index (χ1v) is 10.8. The molecule has 4 amide bonds. The molecule has 1 aliphatic carbocycles. The van der Waals surface area contributed by atoms with E-state index in [0.29, 0.717) is 25.3 Å². The molecular weight excluding hydrogens is 362 g/mol. The fraction of sp³-hybridized carbons (Fsp3) is 0.650. The van der Waals surface area contributed by atoms with Crippen molar-refractivity contribution in [3.05, 3.63) is 21.9 Å². The molecule has 1 atom stereocenters. The van der Waals surface area contributed by atoms with Crippen molar-refractivity contribution in [3.8, 4) is 0 Å². The fourth-order valence-electron chi connectivity index (χ4n) is 4.77. The monoisotopic (exact) mass is 389 g/mol. The van der Waals surface area contributed by atoms with Crippen molar-refractivity contribution >= 4 is 29.2 Å². The molecule has 0 bridgehead atoms. The number of hydrogen-bond donors (Lipinski definition) is 1. The Morgan fingerprint density at radius 2 is 2.07 bits per heavy atom. The van der Waals surface area contributed by atoms with E-state index in [0.717, 1.165) is 30.6 Å². The van der Waals surface area contributed by atoms with Crippen LogP contribution in [0, 0.1) is 5.92 Å². The third-order valence-electron chi connectivity index (χ3n) is 6.47. The van der Waals surface area contributed by atoms with Gasteiger partial charge in [-0.15, -0.1) is 11.3 Å². The van der Waals surface area contributed by atoms with Gasteiger partial charge in [0.1, 0.15) is 12.1 Å². The van der Waals surface area contributed by atoms with E-state index >= 15 is 0 Å². The highest BCUT2D eigenvalue weighted by Crippen LogP contribution is 2.37. The summed E-state index contributed by atoms with van der Waals surface area (Å²) in [5, 5.41) is 4.98. The van der Waals surface area contributed by atoms with Crippen LogP contribution < -0.4 is 5.32 Å². The number of imide groups is 1. The molecule has 1 saturated heterocycles. The summed E-state index contributed by atoms with van der Waals surface area (Å²) in [6.07, 6.45) is 4.87. The molecule has 7 heteroatoms. The Hall–Kier alpha value is -1.89. The number of rotatable bonds is 3. The van der Waals surface area contributed by atoms with Gasteiger partial charge in [-0.2, -0.15) is 0 Å². The van der Waals surface area contributed by atoms with Gasteiger partial charge in [0.25, 0.3) is 5.91 Å². The predicted molar refractivity (Wildman–Crippen MR) is 103 cm³/mol. The first kappa shape index (κ1) is 18.5. The quantitative estimate of drug-likeness (QED) is 0.808. The van der Waals surface area contributed by atoms with Crippen LogP contribution in [-0.2, 0) is 16.0 Å². The zero-order chi connectivity index (χ0) is 19.2. The Kier molecular flexibility index (Phi) is 4.74. The third kappa shape index (κ3) is 3.06. The van der Waals surface area contributed by atoms with Crippen LogP contribution in [0.25, 0.3) is 0 Å². The zero-order valence-corrected chi connectivity index (χ0v) is 16.8. The van der Waals surface area contributed by atoms with Gasteiger partial charge in [0.2, 0.25) is 5.91 Å². The van der Waals surface area contributed by atoms with Gasteiger partial charge in [0, 0.05) is 11.4 Å². The second-order valence-corrected chi connectivity index (χ2v) is 9.15. The maximum atomic E-state index is 13.0. The molecule has 27 heavy (non-hydrogen) atoms. The van der Waals surface area contributed by atoms with Crippen molar-refractivity contribution < 1.29 is 14.4 Å². The van der Waals surface area contributed by atoms with Crippen LogP contribution in [0.4, 0.5) is 4.79 Å². The van der Waals surface area contributed by atoms with Gasteiger partial charge < -0.3 is 10.2 Å². The second kappa shape index (κ2) is 6.93. The topological polar surface area (TPSA) is 69.7 Å². The van der Waals surface area contributed by atoms with Crippen LogP contribution in [0.2, 0.25) is 0 Å². The van der Waals surface area contributed by atoms with Crippen molar-refractivity contribution in [1.29, 1.82) is 0 Å². The Labute approximate surface area is 163 Å². The summed E-state index contributed by atoms with van der Waals surface area (Å²) >= 11 is 1.74. The Morgan fingerprint density at radius 1 is 1.33 bits per heavy atom. The summed E-state index contributed by atoms with van der Waals surface area (Å²) < 4.78 is 0. The molecule has 146 valence electrons. The molecule has 1 N–H and O–H groups in total. The van der Waals surface area contributed by atoms with Gasteiger partial charge in [0.05, 0.1) is 6.04 Å². The number of hydrogen-bond acceptors (Lipinski definition) is 4. The molecule has 1 aromatic heterocycles. The molecule has 1 unspecified atom stereocenters. The van der Waals surface area contributed by atoms with E-state index < -0.39 is 11.6 Å². The lowest BCUT2D eigenvalue weighted by atomic mass is 9.77. The van der Waals surface area contributed by atoms with Crippen molar-refractivity contribution in [3.63, 3.8) is 0 Å². The minimum atomic E-state index is -0.781. The second-order valence-electron chi connectivity index (χ2n) is 8.15. The smallest absolute Gasteiger partial charge is 0.325 e. The lowest BCUT2D eigenvalue weighted by Gasteiger charge is -2.36. The molecule has 2 fully saturated rings. The van der Waals surface area contributed by atoms with Gasteiger partial charge >= 0.3 is 6.03 Å². The van der Waals surface area contributed by atoms with Gasteiger partial charge in [-0.05, 0) is 61.5 Å². The zero-order valence-electron chi connectivity index (χ0n) is 16.0. The van der Waals surface area contributed by atoms with Gasteiger partial charge in [0.15, 0.2) is 0 Å². The normalized spacial score (nSPS) is 30.6. The first-order chi connectivity index (χ1) is 12.9. The summed E-state index contributed by atoms with van der Waals surface area (Å²) in [5.41, 5.74) is 0.438. The van der Waals surface area contributed by atoms with E-state index in [1.807, 2.05) is 4.90 Å². The number of carbonyl (C=O) groups excluding carboxylic acids is 3. The SMILES string of the molecule is CCC1c2ccsc2CCN1C(=O)CN1C(=O)NC2(CCC(C)CC2)C1=O. The molecule has 2 aliphatic heterocycles. The van der Waals surface area contributed by atoms with Gasteiger partial charge in [-0.3, -0.25) is 14.5 Å². The average Bonchev–Trinajstić information content (AvgIpc) is 3.22. The van der Waals surface area contributed by atoms with Crippen molar-refractivity contribution in [2.45, 2.75) is 64.0 Å². The van der Waals surface area contributed by atoms with Crippen molar-refractivity contribution in [2.24, 2.45) is 5.92 Å². The summed E-state index contributed by atoms with van der Waals surface area (Å²) in [6.45, 7) is 4.74. The number of thiophene rings is 1. The summed E-state index contributed by atoms with van der Waals surface area (Å²) in [6, 6.07) is 1.72. The molecule has 4 rings (SSSR count). The van der Waals surface area contributed by atoms with E-state index in [4.69, 9.17) is 0 Å². The number of amides is 4. The Morgan fingerprint density at radius 3 is 2.78 bits per heavy atom. The number of fused-ring (bicyclic) bond motifs is 1. The molecule has 1 spiro atoms. The van der Waals surface area contributed by atoms with E-state index in [-0.39, 0.29) is 24.4 Å². The third-order valence-corrected chi connectivity index (χ3v) is 7.47. The molecule has 0 radical (unpaired) electrons. The average molecular weight is 390 g/mol. The first-order valence-electron chi connectivity index (χ1n) is 9.95. The number of nitrogens with one attached hydrogen (secondary N) is 1. The number of nitrogens with zero attached hydrogens (tertiary/aromatic N) is 2. The molecule has 3 heterocycles. The largest absolute Gasteiger partial charge is 0.334 e. The van der Waals surface area contributed by atoms with Crippen LogP contribution in [0.15, 0.2) is 11.4 Å². The molecule has 1 aromatic rings. The van der Waals surface area contributed by atoms with E-state index in [1.54, 1.807) is 11.3 Å². The van der Waals surface area contributed by atoms with Crippen LogP contribution in [0.3, 0.4) is 0 Å². The van der Waals surface area contributed by atoms with Crippen molar-refractivity contribution in [2.75, 3.05) is 13.1 Å². The minimum Gasteiger partial charge on any atom is -0.334 e. The van der Waals surface area contributed by atoms with Gasteiger partial charge in [-0.1, -0.05) is 13.8 Å². The molecule has 0 aromatic carbocycles. The Bertz CT molecular complexity index is 766. The van der Waals surface area contributed by atoms with Crippen LogP contribution in [-0.4, -0.2) is 46.3 Å². The fourth-order valence-corrected chi connectivity index (χ4v) is 5.70. The summed E-state index contributed by atoms with van der Waals surface area (Å²) in [4.78, 5) is 42.9. The maximum absolute atomic E-state index is 13.0. The summed E-state index contributed by atoms with van der Waals surface area (Å²) in [7, 11) is 0. The molecule has 6 nitrogen and oxygen atoms in total. The predicted octanol–water partition coefficient (Wildman–Crippen LogP) is 3.08.